The zero-order chi connectivity index (χ0) is 15.4. The summed E-state index contributed by atoms with van der Waals surface area (Å²) in [5.74, 6) is 0.451. The third kappa shape index (κ3) is 4.64. The molecule has 0 bridgehead atoms. The Morgan fingerprint density at radius 1 is 1.26 bits per heavy atom. The van der Waals surface area contributed by atoms with E-state index in [0.29, 0.717) is 19.0 Å². The molecular formula is C15H17FIN5S. The van der Waals surface area contributed by atoms with E-state index >= 15 is 0 Å². The number of halogens is 2. The normalized spacial score (nSPS) is 11.3. The van der Waals surface area contributed by atoms with Gasteiger partial charge in [0.15, 0.2) is 10.9 Å². The van der Waals surface area contributed by atoms with Gasteiger partial charge in [-0.1, -0.05) is 12.1 Å². The Hall–Kier alpha value is -1.68. The number of fused-ring (bicyclic) bond motifs is 1. The van der Waals surface area contributed by atoms with E-state index in [1.54, 1.807) is 30.5 Å². The Morgan fingerprint density at radius 2 is 2.00 bits per heavy atom. The predicted octanol–water partition coefficient (Wildman–Crippen LogP) is 3.02. The third-order valence-electron chi connectivity index (χ3n) is 3.18. The Kier molecular flexibility index (Phi) is 6.34. The molecular weight excluding hydrogens is 428 g/mol. The summed E-state index contributed by atoms with van der Waals surface area (Å²) in [5.41, 5.74) is 1.95. The summed E-state index contributed by atoms with van der Waals surface area (Å²) >= 11 is 1.60. The first-order valence-electron chi connectivity index (χ1n) is 6.84. The third-order valence-corrected chi connectivity index (χ3v) is 3.95. The number of nitrogens with one attached hydrogen (secondary N) is 2. The number of imidazole rings is 1. The number of guanidine groups is 1. The van der Waals surface area contributed by atoms with Gasteiger partial charge in [0.25, 0.3) is 0 Å². The lowest BCUT2D eigenvalue weighted by Gasteiger charge is -2.11. The number of rotatable bonds is 4. The SMILES string of the molecule is CN=C(NCc1ccc(F)cc1)NCc1cn2ccsc2n1.I. The largest absolute Gasteiger partial charge is 0.352 e. The molecule has 0 aliphatic rings. The van der Waals surface area contributed by atoms with Crippen LogP contribution in [0.3, 0.4) is 0 Å². The zero-order valence-electron chi connectivity index (χ0n) is 12.5. The van der Waals surface area contributed by atoms with Crippen LogP contribution in [-0.2, 0) is 13.1 Å². The van der Waals surface area contributed by atoms with Gasteiger partial charge in [-0.3, -0.25) is 9.39 Å². The van der Waals surface area contributed by atoms with Crippen LogP contribution in [0.4, 0.5) is 4.39 Å². The molecule has 8 heteroatoms. The predicted molar refractivity (Wildman–Crippen MR) is 102 cm³/mol. The van der Waals surface area contributed by atoms with Gasteiger partial charge in [-0.05, 0) is 17.7 Å². The van der Waals surface area contributed by atoms with Crippen LogP contribution < -0.4 is 10.6 Å². The van der Waals surface area contributed by atoms with Crippen LogP contribution in [0.1, 0.15) is 11.3 Å². The quantitative estimate of drug-likeness (QED) is 0.369. The smallest absolute Gasteiger partial charge is 0.193 e. The molecule has 5 nitrogen and oxygen atoms in total. The summed E-state index contributed by atoms with van der Waals surface area (Å²) in [5, 5.41) is 8.40. The van der Waals surface area contributed by atoms with Crippen molar-refractivity contribution in [3.05, 3.63) is 59.1 Å². The van der Waals surface area contributed by atoms with Crippen LogP contribution in [0.2, 0.25) is 0 Å². The molecule has 0 atom stereocenters. The Balaban J connectivity index is 0.00000192. The zero-order valence-corrected chi connectivity index (χ0v) is 15.6. The molecule has 0 radical (unpaired) electrons. The second-order valence-electron chi connectivity index (χ2n) is 4.73. The molecule has 0 saturated heterocycles. The first-order chi connectivity index (χ1) is 10.7. The molecule has 0 amide bonds. The fraction of sp³-hybridized carbons (Fsp3) is 0.200. The van der Waals surface area contributed by atoms with Crippen molar-refractivity contribution in [3.63, 3.8) is 0 Å². The summed E-state index contributed by atoms with van der Waals surface area (Å²) in [6, 6.07) is 6.40. The van der Waals surface area contributed by atoms with Gasteiger partial charge in [0, 0.05) is 31.4 Å². The van der Waals surface area contributed by atoms with E-state index in [0.717, 1.165) is 16.2 Å². The van der Waals surface area contributed by atoms with Crippen molar-refractivity contribution in [2.45, 2.75) is 13.1 Å². The van der Waals surface area contributed by atoms with Gasteiger partial charge >= 0.3 is 0 Å². The van der Waals surface area contributed by atoms with Gasteiger partial charge in [0.2, 0.25) is 0 Å². The van der Waals surface area contributed by atoms with E-state index in [1.807, 2.05) is 22.2 Å². The van der Waals surface area contributed by atoms with Crippen LogP contribution in [0.25, 0.3) is 4.96 Å². The average molecular weight is 445 g/mol. The van der Waals surface area contributed by atoms with Gasteiger partial charge in [0.1, 0.15) is 5.82 Å². The number of hydrogen-bond donors (Lipinski definition) is 2. The molecule has 0 fully saturated rings. The van der Waals surface area contributed by atoms with Crippen molar-refractivity contribution in [1.82, 2.24) is 20.0 Å². The number of benzene rings is 1. The maximum Gasteiger partial charge on any atom is 0.193 e. The molecule has 23 heavy (non-hydrogen) atoms. The Bertz CT molecular complexity index is 752. The lowest BCUT2D eigenvalue weighted by atomic mass is 10.2. The maximum absolute atomic E-state index is 12.9. The maximum atomic E-state index is 12.9. The minimum atomic E-state index is -0.231. The van der Waals surface area contributed by atoms with Crippen LogP contribution >= 0.6 is 35.3 Å². The summed E-state index contributed by atoms with van der Waals surface area (Å²) in [7, 11) is 1.71. The van der Waals surface area contributed by atoms with Gasteiger partial charge < -0.3 is 10.6 Å². The molecule has 0 unspecified atom stereocenters. The molecule has 0 aliphatic heterocycles. The van der Waals surface area contributed by atoms with Gasteiger partial charge in [-0.25, -0.2) is 9.37 Å². The highest BCUT2D eigenvalue weighted by atomic mass is 127. The van der Waals surface area contributed by atoms with E-state index in [1.165, 1.54) is 12.1 Å². The van der Waals surface area contributed by atoms with Gasteiger partial charge in [-0.2, -0.15) is 0 Å². The minimum absolute atomic E-state index is 0. The van der Waals surface area contributed by atoms with Crippen LogP contribution in [0, 0.1) is 5.82 Å². The fourth-order valence-electron chi connectivity index (χ4n) is 2.04. The van der Waals surface area contributed by atoms with Crippen molar-refractivity contribution >= 4 is 46.2 Å². The Labute approximate surface area is 154 Å². The Morgan fingerprint density at radius 3 is 2.70 bits per heavy atom. The highest BCUT2D eigenvalue weighted by Gasteiger charge is 2.04. The average Bonchev–Trinajstić information content (AvgIpc) is 3.10. The van der Waals surface area contributed by atoms with Crippen molar-refractivity contribution in [2.75, 3.05) is 7.05 Å². The van der Waals surface area contributed by atoms with Crippen molar-refractivity contribution in [1.29, 1.82) is 0 Å². The minimum Gasteiger partial charge on any atom is -0.352 e. The van der Waals surface area contributed by atoms with Gasteiger partial charge in [0.05, 0.1) is 12.2 Å². The number of thiazole rings is 1. The van der Waals surface area contributed by atoms with Crippen LogP contribution in [0.15, 0.2) is 47.0 Å². The molecule has 122 valence electrons. The van der Waals surface area contributed by atoms with Crippen molar-refractivity contribution in [3.8, 4) is 0 Å². The lowest BCUT2D eigenvalue weighted by Crippen LogP contribution is -2.36. The molecule has 3 rings (SSSR count). The summed E-state index contributed by atoms with van der Waals surface area (Å²) in [4.78, 5) is 9.65. The van der Waals surface area contributed by atoms with E-state index in [-0.39, 0.29) is 29.8 Å². The van der Waals surface area contributed by atoms with Crippen LogP contribution in [0.5, 0.6) is 0 Å². The standard InChI is InChI=1S/C15H16FN5S.HI/c1-17-14(18-8-11-2-4-12(16)5-3-11)19-9-13-10-21-6-7-22-15(21)20-13;/h2-7,10H,8-9H2,1H3,(H2,17,18,19);1H. The molecule has 3 aromatic rings. The number of nitrogens with zero attached hydrogens (tertiary/aromatic N) is 3. The number of hydrogen-bond acceptors (Lipinski definition) is 3. The highest BCUT2D eigenvalue weighted by molar-refractivity contribution is 14.0. The number of aliphatic imine (C=N–C) groups is 1. The van der Waals surface area contributed by atoms with E-state index in [2.05, 4.69) is 20.6 Å². The fourth-order valence-corrected chi connectivity index (χ4v) is 2.76. The summed E-state index contributed by atoms with van der Waals surface area (Å²) in [6.45, 7) is 1.18. The summed E-state index contributed by atoms with van der Waals surface area (Å²) in [6.07, 6.45) is 3.98. The molecule has 2 heterocycles. The molecule has 1 aromatic carbocycles. The van der Waals surface area contributed by atoms with E-state index in [9.17, 15) is 4.39 Å². The van der Waals surface area contributed by atoms with Crippen LogP contribution in [-0.4, -0.2) is 22.4 Å². The molecule has 0 saturated carbocycles. The van der Waals surface area contributed by atoms with E-state index < -0.39 is 0 Å². The first-order valence-corrected chi connectivity index (χ1v) is 7.72. The molecule has 2 aromatic heterocycles. The molecule has 0 aliphatic carbocycles. The first kappa shape index (κ1) is 17.7. The van der Waals surface area contributed by atoms with Gasteiger partial charge in [-0.15, -0.1) is 35.3 Å². The topological polar surface area (TPSA) is 53.7 Å². The summed E-state index contributed by atoms with van der Waals surface area (Å²) < 4.78 is 14.9. The van der Waals surface area contributed by atoms with E-state index in [4.69, 9.17) is 0 Å². The number of aromatic nitrogens is 2. The lowest BCUT2D eigenvalue weighted by molar-refractivity contribution is 0.626. The molecule has 0 spiro atoms. The monoisotopic (exact) mass is 445 g/mol. The highest BCUT2D eigenvalue weighted by Crippen LogP contribution is 2.11. The second kappa shape index (κ2) is 8.25. The van der Waals surface area contributed by atoms with Crippen molar-refractivity contribution in [2.24, 2.45) is 4.99 Å². The second-order valence-corrected chi connectivity index (χ2v) is 5.60. The van der Waals surface area contributed by atoms with Crippen molar-refractivity contribution < 1.29 is 4.39 Å². The molecule has 2 N–H and O–H groups in total.